The van der Waals surface area contributed by atoms with Gasteiger partial charge in [0.25, 0.3) is 0 Å². The minimum Gasteiger partial charge on any atom is -0.481 e. The number of carbonyl (C=O) groups excluding carboxylic acids is 1. The first-order valence-corrected chi connectivity index (χ1v) is 7.30. The van der Waals surface area contributed by atoms with E-state index in [1.165, 1.54) is 19.3 Å². The Morgan fingerprint density at radius 1 is 1.26 bits per heavy atom. The van der Waals surface area contributed by atoms with Crippen molar-refractivity contribution in [1.82, 2.24) is 10.6 Å². The van der Waals surface area contributed by atoms with Crippen LogP contribution >= 0.6 is 0 Å². The molecule has 0 aromatic carbocycles. The van der Waals surface area contributed by atoms with Crippen LogP contribution in [-0.2, 0) is 4.79 Å². The predicted octanol–water partition coefficient (Wildman–Crippen LogP) is 2.37. The molecule has 1 unspecified atom stereocenters. The number of carboxylic acids is 1. The van der Waals surface area contributed by atoms with Gasteiger partial charge in [0.15, 0.2) is 0 Å². The Hall–Kier alpha value is -1.26. The summed E-state index contributed by atoms with van der Waals surface area (Å²) in [5, 5.41) is 14.4. The van der Waals surface area contributed by atoms with Crippen molar-refractivity contribution in [2.24, 2.45) is 11.8 Å². The number of nitrogens with one attached hydrogen (secondary N) is 2. The first-order chi connectivity index (χ1) is 9.02. The molecule has 1 atom stereocenters. The average Bonchev–Trinajstić information content (AvgIpc) is 2.39. The summed E-state index contributed by atoms with van der Waals surface area (Å²) in [6.45, 7) is 4.27. The lowest BCUT2D eigenvalue weighted by atomic mass is 9.85. The van der Waals surface area contributed by atoms with Crippen molar-refractivity contribution in [1.29, 1.82) is 0 Å². The first kappa shape index (κ1) is 15.8. The zero-order valence-corrected chi connectivity index (χ0v) is 11.9. The van der Waals surface area contributed by atoms with Crippen LogP contribution in [0.1, 0.15) is 52.4 Å². The Bertz CT molecular complexity index is 299. The number of urea groups is 1. The van der Waals surface area contributed by atoms with Gasteiger partial charge in [-0.25, -0.2) is 4.79 Å². The average molecular weight is 270 g/mol. The zero-order chi connectivity index (χ0) is 14.3. The standard InChI is InChI=1S/C14H26N2O3/c1-3-11-4-6-12(7-5-11)16-14(19)15-9-8-10(2)13(17)18/h10-12H,3-9H2,1-2H3,(H,17,18)(H2,15,16,19). The summed E-state index contributed by atoms with van der Waals surface area (Å²) in [6.07, 6.45) is 6.18. The van der Waals surface area contributed by atoms with Gasteiger partial charge in [-0.3, -0.25) is 4.79 Å². The molecule has 0 saturated heterocycles. The topological polar surface area (TPSA) is 78.4 Å². The van der Waals surface area contributed by atoms with Gasteiger partial charge in [0.1, 0.15) is 0 Å². The third kappa shape index (κ3) is 5.94. The van der Waals surface area contributed by atoms with E-state index in [0.717, 1.165) is 18.8 Å². The molecule has 1 fully saturated rings. The fraction of sp³-hybridized carbons (Fsp3) is 0.857. The Morgan fingerprint density at radius 3 is 2.42 bits per heavy atom. The minimum absolute atomic E-state index is 0.169. The lowest BCUT2D eigenvalue weighted by Crippen LogP contribution is -2.44. The number of hydrogen-bond donors (Lipinski definition) is 3. The third-order valence-electron chi connectivity index (χ3n) is 4.04. The second-order valence-electron chi connectivity index (χ2n) is 5.55. The van der Waals surface area contributed by atoms with E-state index in [1.54, 1.807) is 6.92 Å². The van der Waals surface area contributed by atoms with Crippen LogP contribution < -0.4 is 10.6 Å². The summed E-state index contributed by atoms with van der Waals surface area (Å²) >= 11 is 0. The molecule has 0 aliphatic heterocycles. The third-order valence-corrected chi connectivity index (χ3v) is 4.04. The van der Waals surface area contributed by atoms with Crippen LogP contribution in [-0.4, -0.2) is 29.7 Å². The van der Waals surface area contributed by atoms with E-state index >= 15 is 0 Å². The highest BCUT2D eigenvalue weighted by molar-refractivity contribution is 5.74. The van der Waals surface area contributed by atoms with Gasteiger partial charge >= 0.3 is 12.0 Å². The molecule has 1 aliphatic carbocycles. The zero-order valence-electron chi connectivity index (χ0n) is 11.9. The van der Waals surface area contributed by atoms with E-state index in [9.17, 15) is 9.59 Å². The summed E-state index contributed by atoms with van der Waals surface area (Å²) in [5.41, 5.74) is 0. The van der Waals surface area contributed by atoms with Crippen molar-refractivity contribution < 1.29 is 14.7 Å². The first-order valence-electron chi connectivity index (χ1n) is 7.30. The molecule has 0 bridgehead atoms. The number of amides is 2. The maximum Gasteiger partial charge on any atom is 0.315 e. The van der Waals surface area contributed by atoms with Crippen molar-refractivity contribution in [2.75, 3.05) is 6.54 Å². The van der Waals surface area contributed by atoms with Crippen LogP contribution in [0.15, 0.2) is 0 Å². The van der Waals surface area contributed by atoms with Crippen molar-refractivity contribution in [3.05, 3.63) is 0 Å². The largest absolute Gasteiger partial charge is 0.481 e. The van der Waals surface area contributed by atoms with Crippen LogP contribution in [0.4, 0.5) is 4.79 Å². The fourth-order valence-electron chi connectivity index (χ4n) is 2.48. The minimum atomic E-state index is -0.819. The maximum atomic E-state index is 11.6. The Balaban J connectivity index is 2.13. The number of carbonyl (C=O) groups is 2. The van der Waals surface area contributed by atoms with E-state index in [-0.39, 0.29) is 12.1 Å². The second kappa shape index (κ2) is 8.02. The number of rotatable bonds is 6. The molecule has 5 nitrogen and oxygen atoms in total. The van der Waals surface area contributed by atoms with Crippen molar-refractivity contribution in [3.8, 4) is 0 Å². The lowest BCUT2D eigenvalue weighted by Gasteiger charge is -2.28. The van der Waals surface area contributed by atoms with Gasteiger partial charge in [-0.15, -0.1) is 0 Å². The highest BCUT2D eigenvalue weighted by Gasteiger charge is 2.21. The van der Waals surface area contributed by atoms with E-state index in [4.69, 9.17) is 5.11 Å². The van der Waals surface area contributed by atoms with Crippen LogP contribution in [0.25, 0.3) is 0 Å². The number of hydrogen-bond acceptors (Lipinski definition) is 2. The molecule has 0 aromatic rings. The number of carboxylic acid groups (broad SMARTS) is 1. The van der Waals surface area contributed by atoms with Crippen LogP contribution in [0.5, 0.6) is 0 Å². The molecular weight excluding hydrogens is 244 g/mol. The Kier molecular flexibility index (Phi) is 6.67. The smallest absolute Gasteiger partial charge is 0.315 e. The maximum absolute atomic E-state index is 11.6. The Morgan fingerprint density at radius 2 is 1.89 bits per heavy atom. The molecule has 2 amide bonds. The summed E-state index contributed by atoms with van der Waals surface area (Å²) in [4.78, 5) is 22.3. The van der Waals surface area contributed by atoms with Crippen LogP contribution in [0, 0.1) is 11.8 Å². The molecule has 5 heteroatoms. The monoisotopic (exact) mass is 270 g/mol. The van der Waals surface area contributed by atoms with Crippen molar-refractivity contribution in [3.63, 3.8) is 0 Å². The molecule has 0 spiro atoms. The van der Waals surface area contributed by atoms with Gasteiger partial charge < -0.3 is 15.7 Å². The molecule has 19 heavy (non-hydrogen) atoms. The second-order valence-corrected chi connectivity index (χ2v) is 5.55. The summed E-state index contributed by atoms with van der Waals surface area (Å²) in [5.74, 6) is -0.419. The number of aliphatic carboxylic acids is 1. The van der Waals surface area contributed by atoms with Gasteiger partial charge in [-0.2, -0.15) is 0 Å². The summed E-state index contributed by atoms with van der Waals surface area (Å²) < 4.78 is 0. The van der Waals surface area contributed by atoms with E-state index < -0.39 is 11.9 Å². The SMILES string of the molecule is CCC1CCC(NC(=O)NCCC(C)C(=O)O)CC1. The molecule has 1 aliphatic rings. The molecule has 0 aromatic heterocycles. The quantitative estimate of drug-likeness (QED) is 0.693. The molecule has 3 N–H and O–H groups in total. The van der Waals surface area contributed by atoms with Gasteiger partial charge in [0, 0.05) is 12.6 Å². The predicted molar refractivity (Wildman–Crippen MR) is 74.0 cm³/mol. The lowest BCUT2D eigenvalue weighted by molar-refractivity contribution is -0.141. The van der Waals surface area contributed by atoms with Crippen LogP contribution in [0.3, 0.4) is 0 Å². The van der Waals surface area contributed by atoms with Gasteiger partial charge in [-0.05, 0) is 38.0 Å². The van der Waals surface area contributed by atoms with Crippen LogP contribution in [0.2, 0.25) is 0 Å². The van der Waals surface area contributed by atoms with Gasteiger partial charge in [-0.1, -0.05) is 20.3 Å². The summed E-state index contributed by atoms with van der Waals surface area (Å²) in [7, 11) is 0. The van der Waals surface area contributed by atoms with E-state index in [0.29, 0.717) is 13.0 Å². The molecule has 1 saturated carbocycles. The summed E-state index contributed by atoms with van der Waals surface area (Å²) in [6, 6.07) is 0.109. The highest BCUT2D eigenvalue weighted by atomic mass is 16.4. The van der Waals surface area contributed by atoms with E-state index in [1.807, 2.05) is 0 Å². The van der Waals surface area contributed by atoms with Gasteiger partial charge in [0.05, 0.1) is 5.92 Å². The normalized spacial score (nSPS) is 24.5. The van der Waals surface area contributed by atoms with Crippen molar-refractivity contribution in [2.45, 2.75) is 58.4 Å². The Labute approximate surface area is 115 Å². The molecule has 0 radical (unpaired) electrons. The van der Waals surface area contributed by atoms with Gasteiger partial charge in [0.2, 0.25) is 0 Å². The fourth-order valence-corrected chi connectivity index (χ4v) is 2.48. The molecular formula is C14H26N2O3. The highest BCUT2D eigenvalue weighted by Crippen LogP contribution is 2.26. The molecule has 110 valence electrons. The van der Waals surface area contributed by atoms with E-state index in [2.05, 4.69) is 17.6 Å². The van der Waals surface area contributed by atoms with Crippen molar-refractivity contribution >= 4 is 12.0 Å². The molecule has 0 heterocycles. The molecule has 1 rings (SSSR count).